The Morgan fingerprint density at radius 1 is 1.40 bits per heavy atom. The molecular formula is C12H22N2O. The Kier molecular flexibility index (Phi) is 5.67. The third-order valence-electron chi connectivity index (χ3n) is 3.22. The summed E-state index contributed by atoms with van der Waals surface area (Å²) >= 11 is 0. The fraction of sp³-hybridized carbons (Fsp3) is 0.917. The number of rotatable bonds is 4. The van der Waals surface area contributed by atoms with Crippen molar-refractivity contribution in [1.29, 1.82) is 5.26 Å². The molecule has 0 aromatic rings. The first-order valence-electron chi connectivity index (χ1n) is 6.01. The monoisotopic (exact) mass is 210 g/mol. The third-order valence-corrected chi connectivity index (χ3v) is 3.22. The van der Waals surface area contributed by atoms with Gasteiger partial charge < -0.3 is 10.4 Å². The summed E-state index contributed by atoms with van der Waals surface area (Å²) < 4.78 is 0. The highest BCUT2D eigenvalue weighted by Crippen LogP contribution is 2.22. The van der Waals surface area contributed by atoms with E-state index in [2.05, 4.69) is 11.4 Å². The Balaban J connectivity index is 2.38. The summed E-state index contributed by atoms with van der Waals surface area (Å²) in [6.45, 7) is 3.06. The van der Waals surface area contributed by atoms with Crippen LogP contribution in [-0.2, 0) is 0 Å². The van der Waals surface area contributed by atoms with Gasteiger partial charge in [-0.2, -0.15) is 5.26 Å². The first-order chi connectivity index (χ1) is 7.27. The van der Waals surface area contributed by atoms with Crippen LogP contribution >= 0.6 is 0 Å². The van der Waals surface area contributed by atoms with Crippen LogP contribution in [0.15, 0.2) is 0 Å². The van der Waals surface area contributed by atoms with Gasteiger partial charge in [0.1, 0.15) is 0 Å². The molecule has 15 heavy (non-hydrogen) atoms. The van der Waals surface area contributed by atoms with Crippen molar-refractivity contribution in [3.63, 3.8) is 0 Å². The SMILES string of the molecule is CC(CO)CNC1CCCCCC1C#N. The van der Waals surface area contributed by atoms with E-state index >= 15 is 0 Å². The highest BCUT2D eigenvalue weighted by molar-refractivity contribution is 4.93. The van der Waals surface area contributed by atoms with Gasteiger partial charge in [-0.1, -0.05) is 26.2 Å². The molecule has 0 bridgehead atoms. The summed E-state index contributed by atoms with van der Waals surface area (Å²) in [6, 6.07) is 2.75. The van der Waals surface area contributed by atoms with Crippen LogP contribution in [0.1, 0.15) is 39.0 Å². The van der Waals surface area contributed by atoms with Gasteiger partial charge in [0.05, 0.1) is 12.0 Å². The minimum atomic E-state index is 0.165. The van der Waals surface area contributed by atoms with Gasteiger partial charge in [0.15, 0.2) is 0 Å². The number of hydrogen-bond acceptors (Lipinski definition) is 3. The Labute approximate surface area is 92.5 Å². The average molecular weight is 210 g/mol. The van der Waals surface area contributed by atoms with Gasteiger partial charge in [-0.25, -0.2) is 0 Å². The van der Waals surface area contributed by atoms with Crippen molar-refractivity contribution >= 4 is 0 Å². The van der Waals surface area contributed by atoms with Crippen LogP contribution in [0.2, 0.25) is 0 Å². The maximum atomic E-state index is 9.07. The van der Waals surface area contributed by atoms with Crippen molar-refractivity contribution in [1.82, 2.24) is 5.32 Å². The second-order valence-electron chi connectivity index (χ2n) is 4.68. The van der Waals surface area contributed by atoms with Crippen molar-refractivity contribution < 1.29 is 5.11 Å². The lowest BCUT2D eigenvalue weighted by molar-refractivity contribution is 0.225. The zero-order valence-electron chi connectivity index (χ0n) is 9.58. The van der Waals surface area contributed by atoms with E-state index in [1.165, 1.54) is 19.3 Å². The highest BCUT2D eigenvalue weighted by Gasteiger charge is 2.23. The Hall–Kier alpha value is -0.590. The average Bonchev–Trinajstić information content (AvgIpc) is 2.50. The van der Waals surface area contributed by atoms with Gasteiger partial charge in [0.2, 0.25) is 0 Å². The smallest absolute Gasteiger partial charge is 0.0672 e. The van der Waals surface area contributed by atoms with E-state index in [9.17, 15) is 0 Å². The molecule has 0 heterocycles. The molecule has 3 atom stereocenters. The molecule has 3 nitrogen and oxygen atoms in total. The second-order valence-corrected chi connectivity index (χ2v) is 4.68. The number of nitrogens with zero attached hydrogens (tertiary/aromatic N) is 1. The lowest BCUT2D eigenvalue weighted by Crippen LogP contribution is -2.38. The minimum absolute atomic E-state index is 0.165. The number of hydrogen-bond donors (Lipinski definition) is 2. The van der Waals surface area contributed by atoms with Crippen molar-refractivity contribution in [3.05, 3.63) is 0 Å². The fourth-order valence-electron chi connectivity index (χ4n) is 2.12. The molecule has 0 aromatic carbocycles. The first-order valence-corrected chi connectivity index (χ1v) is 6.01. The van der Waals surface area contributed by atoms with E-state index in [-0.39, 0.29) is 18.4 Å². The van der Waals surface area contributed by atoms with Gasteiger partial charge in [0, 0.05) is 19.2 Å². The van der Waals surface area contributed by atoms with Crippen LogP contribution < -0.4 is 5.32 Å². The predicted molar refractivity (Wildman–Crippen MR) is 60.2 cm³/mol. The van der Waals surface area contributed by atoms with Gasteiger partial charge in [0.25, 0.3) is 0 Å². The van der Waals surface area contributed by atoms with Crippen LogP contribution in [0.4, 0.5) is 0 Å². The van der Waals surface area contributed by atoms with Crippen molar-refractivity contribution in [2.45, 2.75) is 45.1 Å². The van der Waals surface area contributed by atoms with Gasteiger partial charge in [-0.05, 0) is 18.8 Å². The molecule has 3 unspecified atom stereocenters. The van der Waals surface area contributed by atoms with Crippen LogP contribution in [0.25, 0.3) is 0 Å². The summed E-state index contributed by atoms with van der Waals surface area (Å²) in [4.78, 5) is 0. The zero-order valence-corrected chi connectivity index (χ0v) is 9.58. The van der Waals surface area contributed by atoms with E-state index in [1.807, 2.05) is 6.92 Å². The topological polar surface area (TPSA) is 56.0 Å². The summed E-state index contributed by atoms with van der Waals surface area (Å²) in [5, 5.41) is 21.4. The van der Waals surface area contributed by atoms with Crippen LogP contribution in [-0.4, -0.2) is 24.3 Å². The summed E-state index contributed by atoms with van der Waals surface area (Å²) in [5.41, 5.74) is 0. The van der Waals surface area contributed by atoms with Crippen LogP contribution in [0, 0.1) is 23.2 Å². The van der Waals surface area contributed by atoms with E-state index in [1.54, 1.807) is 0 Å². The summed E-state index contributed by atoms with van der Waals surface area (Å²) in [6.07, 6.45) is 5.80. The molecule has 1 saturated carbocycles. The molecule has 0 radical (unpaired) electrons. The molecule has 0 aromatic heterocycles. The Morgan fingerprint density at radius 2 is 2.13 bits per heavy atom. The highest BCUT2D eigenvalue weighted by atomic mass is 16.3. The van der Waals surface area contributed by atoms with Crippen LogP contribution in [0.5, 0.6) is 0 Å². The molecule has 0 spiro atoms. The Bertz CT molecular complexity index is 212. The minimum Gasteiger partial charge on any atom is -0.396 e. The summed E-state index contributed by atoms with van der Waals surface area (Å²) in [7, 11) is 0. The number of aliphatic hydroxyl groups excluding tert-OH is 1. The van der Waals surface area contributed by atoms with Crippen LogP contribution in [0.3, 0.4) is 0 Å². The third kappa shape index (κ3) is 4.19. The molecular weight excluding hydrogens is 188 g/mol. The van der Waals surface area contributed by atoms with E-state index in [0.29, 0.717) is 6.04 Å². The van der Waals surface area contributed by atoms with Crippen molar-refractivity contribution in [2.24, 2.45) is 11.8 Å². The van der Waals surface area contributed by atoms with E-state index < -0.39 is 0 Å². The van der Waals surface area contributed by atoms with Crippen molar-refractivity contribution in [2.75, 3.05) is 13.2 Å². The quantitative estimate of drug-likeness (QED) is 0.694. The molecule has 1 aliphatic carbocycles. The molecule has 3 heteroatoms. The molecule has 1 fully saturated rings. The first kappa shape index (κ1) is 12.5. The largest absolute Gasteiger partial charge is 0.396 e. The van der Waals surface area contributed by atoms with Gasteiger partial charge in [-0.3, -0.25) is 0 Å². The van der Waals surface area contributed by atoms with E-state index in [0.717, 1.165) is 19.4 Å². The maximum Gasteiger partial charge on any atom is 0.0672 e. The molecule has 2 N–H and O–H groups in total. The fourth-order valence-corrected chi connectivity index (χ4v) is 2.12. The molecule has 0 amide bonds. The number of aliphatic hydroxyl groups is 1. The maximum absolute atomic E-state index is 9.07. The summed E-state index contributed by atoms with van der Waals surface area (Å²) in [5.74, 6) is 0.450. The van der Waals surface area contributed by atoms with Crippen molar-refractivity contribution in [3.8, 4) is 6.07 Å². The zero-order chi connectivity index (χ0) is 11.1. The molecule has 1 rings (SSSR count). The lowest BCUT2D eigenvalue weighted by atomic mass is 9.96. The van der Waals surface area contributed by atoms with Gasteiger partial charge >= 0.3 is 0 Å². The molecule has 0 aliphatic heterocycles. The predicted octanol–water partition coefficient (Wildman–Crippen LogP) is 1.68. The van der Waals surface area contributed by atoms with E-state index in [4.69, 9.17) is 10.4 Å². The number of nitriles is 1. The second kappa shape index (κ2) is 6.81. The van der Waals surface area contributed by atoms with Gasteiger partial charge in [-0.15, -0.1) is 0 Å². The Morgan fingerprint density at radius 3 is 2.80 bits per heavy atom. The molecule has 86 valence electrons. The normalized spacial score (nSPS) is 29.1. The molecule has 1 aliphatic rings. The molecule has 0 saturated heterocycles. The number of nitrogens with one attached hydrogen (secondary N) is 1. The lowest BCUT2D eigenvalue weighted by Gasteiger charge is -2.22. The standard InChI is InChI=1S/C12H22N2O/c1-10(9-15)8-14-12-6-4-2-3-5-11(12)7-13/h10-12,14-15H,2-6,8-9H2,1H3.